The van der Waals surface area contributed by atoms with Crippen molar-refractivity contribution >= 4 is 12.0 Å². The van der Waals surface area contributed by atoms with Crippen LogP contribution in [0.25, 0.3) is 0 Å². The second-order valence-corrected chi connectivity index (χ2v) is 8.24. The number of piperidine rings is 1. The molecule has 1 heterocycles. The van der Waals surface area contributed by atoms with Crippen molar-refractivity contribution in [3.8, 4) is 0 Å². The SMILES string of the molecule is CNC(=O)CN1CCC(NC2CCC(NC(=O)OC(C)(C)C)C2)CC1. The van der Waals surface area contributed by atoms with Crippen LogP contribution in [0.15, 0.2) is 0 Å². The Morgan fingerprint density at radius 3 is 2.28 bits per heavy atom. The lowest BCUT2D eigenvalue weighted by molar-refractivity contribution is -0.122. The zero-order valence-corrected chi connectivity index (χ0v) is 16.1. The van der Waals surface area contributed by atoms with E-state index in [1.165, 1.54) is 0 Å². The van der Waals surface area contributed by atoms with Gasteiger partial charge in [-0.25, -0.2) is 4.79 Å². The highest BCUT2D eigenvalue weighted by atomic mass is 16.6. The maximum absolute atomic E-state index is 11.9. The van der Waals surface area contributed by atoms with E-state index in [-0.39, 0.29) is 18.0 Å². The number of carbonyl (C=O) groups excluding carboxylic acids is 2. The molecule has 7 nitrogen and oxygen atoms in total. The first kappa shape index (κ1) is 20.0. The van der Waals surface area contributed by atoms with Crippen LogP contribution in [0.2, 0.25) is 0 Å². The fraction of sp³-hybridized carbons (Fsp3) is 0.889. The number of hydrogen-bond acceptors (Lipinski definition) is 5. The number of nitrogens with one attached hydrogen (secondary N) is 3. The van der Waals surface area contributed by atoms with Gasteiger partial charge in [-0.2, -0.15) is 0 Å². The van der Waals surface area contributed by atoms with Gasteiger partial charge in [0, 0.05) is 38.3 Å². The largest absolute Gasteiger partial charge is 0.444 e. The summed E-state index contributed by atoms with van der Waals surface area (Å²) in [6.45, 7) is 8.04. The first-order chi connectivity index (χ1) is 11.7. The van der Waals surface area contributed by atoms with Crippen LogP contribution >= 0.6 is 0 Å². The van der Waals surface area contributed by atoms with Crippen molar-refractivity contribution in [1.29, 1.82) is 0 Å². The number of alkyl carbamates (subject to hydrolysis) is 1. The van der Waals surface area contributed by atoms with Crippen molar-refractivity contribution in [3.63, 3.8) is 0 Å². The van der Waals surface area contributed by atoms with E-state index in [9.17, 15) is 9.59 Å². The Morgan fingerprint density at radius 2 is 1.68 bits per heavy atom. The minimum absolute atomic E-state index is 0.0817. The zero-order valence-electron chi connectivity index (χ0n) is 16.1. The molecule has 1 aliphatic heterocycles. The fourth-order valence-electron chi connectivity index (χ4n) is 3.61. The molecular weight excluding hydrogens is 320 g/mol. The third kappa shape index (κ3) is 7.20. The molecule has 3 N–H and O–H groups in total. The third-order valence-electron chi connectivity index (χ3n) is 4.86. The molecule has 1 saturated carbocycles. The smallest absolute Gasteiger partial charge is 0.407 e. The van der Waals surface area contributed by atoms with E-state index >= 15 is 0 Å². The minimum atomic E-state index is -0.455. The molecule has 2 fully saturated rings. The van der Waals surface area contributed by atoms with Crippen molar-refractivity contribution in [2.24, 2.45) is 0 Å². The molecule has 2 rings (SSSR count). The van der Waals surface area contributed by atoms with Crippen LogP contribution in [0.5, 0.6) is 0 Å². The van der Waals surface area contributed by atoms with Gasteiger partial charge in [-0.05, 0) is 52.9 Å². The average molecular weight is 354 g/mol. The van der Waals surface area contributed by atoms with Gasteiger partial charge in [0.05, 0.1) is 6.54 Å². The molecule has 0 spiro atoms. The van der Waals surface area contributed by atoms with Crippen LogP contribution in [-0.4, -0.2) is 67.3 Å². The van der Waals surface area contributed by atoms with E-state index in [0.29, 0.717) is 18.6 Å². The van der Waals surface area contributed by atoms with Gasteiger partial charge in [-0.1, -0.05) is 0 Å². The van der Waals surface area contributed by atoms with Crippen molar-refractivity contribution < 1.29 is 14.3 Å². The Balaban J connectivity index is 1.65. The summed E-state index contributed by atoms with van der Waals surface area (Å²) in [6, 6.07) is 1.15. The number of ether oxygens (including phenoxy) is 1. The summed E-state index contributed by atoms with van der Waals surface area (Å²) in [7, 11) is 1.68. The molecular formula is C18H34N4O3. The van der Waals surface area contributed by atoms with Crippen molar-refractivity contribution in [2.45, 2.75) is 76.6 Å². The van der Waals surface area contributed by atoms with Crippen molar-refractivity contribution in [3.05, 3.63) is 0 Å². The van der Waals surface area contributed by atoms with Gasteiger partial charge in [-0.15, -0.1) is 0 Å². The van der Waals surface area contributed by atoms with Crippen LogP contribution in [0.4, 0.5) is 4.79 Å². The number of likely N-dealkylation sites (tertiary alicyclic amines) is 1. The molecule has 25 heavy (non-hydrogen) atoms. The van der Waals surface area contributed by atoms with E-state index in [1.54, 1.807) is 7.05 Å². The second kappa shape index (κ2) is 8.85. The van der Waals surface area contributed by atoms with Gasteiger partial charge in [0.1, 0.15) is 5.60 Å². The van der Waals surface area contributed by atoms with Gasteiger partial charge in [-0.3, -0.25) is 9.69 Å². The standard InChI is InChI=1S/C18H34N4O3/c1-18(2,3)25-17(24)21-15-6-5-14(11-15)20-13-7-9-22(10-8-13)12-16(23)19-4/h13-15,20H,5-12H2,1-4H3,(H,19,23)(H,21,24). The fourth-order valence-corrected chi connectivity index (χ4v) is 3.61. The van der Waals surface area contributed by atoms with E-state index in [4.69, 9.17) is 4.74 Å². The van der Waals surface area contributed by atoms with Gasteiger partial charge in [0.25, 0.3) is 0 Å². The monoisotopic (exact) mass is 354 g/mol. The third-order valence-corrected chi connectivity index (χ3v) is 4.86. The lowest BCUT2D eigenvalue weighted by atomic mass is 10.0. The Hall–Kier alpha value is -1.34. The Kier molecular flexibility index (Phi) is 7.07. The second-order valence-electron chi connectivity index (χ2n) is 8.24. The molecule has 0 aromatic carbocycles. The highest BCUT2D eigenvalue weighted by Gasteiger charge is 2.30. The van der Waals surface area contributed by atoms with E-state index in [2.05, 4.69) is 20.9 Å². The van der Waals surface area contributed by atoms with Crippen LogP contribution in [0.1, 0.15) is 52.9 Å². The van der Waals surface area contributed by atoms with Crippen molar-refractivity contribution in [1.82, 2.24) is 20.9 Å². The molecule has 1 saturated heterocycles. The van der Waals surface area contributed by atoms with Crippen LogP contribution < -0.4 is 16.0 Å². The summed E-state index contributed by atoms with van der Waals surface area (Å²) < 4.78 is 5.33. The van der Waals surface area contributed by atoms with Crippen molar-refractivity contribution in [2.75, 3.05) is 26.7 Å². The summed E-state index contributed by atoms with van der Waals surface area (Å²) >= 11 is 0. The molecule has 7 heteroatoms. The first-order valence-corrected chi connectivity index (χ1v) is 9.43. The number of likely N-dealkylation sites (N-methyl/N-ethyl adjacent to an activating group) is 1. The summed E-state index contributed by atoms with van der Waals surface area (Å²) in [4.78, 5) is 25.5. The maximum Gasteiger partial charge on any atom is 0.407 e. The average Bonchev–Trinajstić information content (AvgIpc) is 2.94. The number of carbonyl (C=O) groups is 2. The van der Waals surface area contributed by atoms with Crippen LogP contribution in [0.3, 0.4) is 0 Å². The topological polar surface area (TPSA) is 82.7 Å². The van der Waals surface area contributed by atoms with Gasteiger partial charge in [0.2, 0.25) is 5.91 Å². The minimum Gasteiger partial charge on any atom is -0.444 e. The number of rotatable bonds is 5. The molecule has 0 aromatic rings. The molecule has 2 amide bonds. The number of hydrogen-bond donors (Lipinski definition) is 3. The summed E-state index contributed by atoms with van der Waals surface area (Å²) in [5.74, 6) is 0.0817. The number of nitrogens with zero attached hydrogens (tertiary/aromatic N) is 1. The molecule has 2 aliphatic rings. The highest BCUT2D eigenvalue weighted by molar-refractivity contribution is 5.77. The normalized spacial score (nSPS) is 25.6. The van der Waals surface area contributed by atoms with E-state index in [1.807, 2.05) is 20.8 Å². The molecule has 0 aromatic heterocycles. The Morgan fingerprint density at radius 1 is 1.04 bits per heavy atom. The molecule has 2 atom stereocenters. The van der Waals surface area contributed by atoms with Gasteiger partial charge >= 0.3 is 6.09 Å². The van der Waals surface area contributed by atoms with E-state index < -0.39 is 5.60 Å². The Labute approximate surface area is 151 Å². The Bertz CT molecular complexity index is 456. The lowest BCUT2D eigenvalue weighted by Gasteiger charge is -2.33. The molecule has 2 unspecified atom stereocenters. The summed E-state index contributed by atoms with van der Waals surface area (Å²) in [5.41, 5.74) is -0.455. The first-order valence-electron chi connectivity index (χ1n) is 9.43. The van der Waals surface area contributed by atoms with Gasteiger partial charge in [0.15, 0.2) is 0 Å². The van der Waals surface area contributed by atoms with Crippen LogP contribution in [0, 0.1) is 0 Å². The van der Waals surface area contributed by atoms with E-state index in [0.717, 1.165) is 45.2 Å². The summed E-state index contributed by atoms with van der Waals surface area (Å²) in [6.07, 6.45) is 4.85. The maximum atomic E-state index is 11.9. The predicted molar refractivity (Wildman–Crippen MR) is 97.5 cm³/mol. The molecule has 144 valence electrons. The molecule has 0 bridgehead atoms. The van der Waals surface area contributed by atoms with Gasteiger partial charge < -0.3 is 20.7 Å². The highest BCUT2D eigenvalue weighted by Crippen LogP contribution is 2.22. The quantitative estimate of drug-likeness (QED) is 0.692. The molecule has 0 radical (unpaired) electrons. The molecule has 1 aliphatic carbocycles. The van der Waals surface area contributed by atoms with Crippen LogP contribution in [-0.2, 0) is 9.53 Å². The zero-order chi connectivity index (χ0) is 18.4. The number of amides is 2. The predicted octanol–water partition coefficient (Wildman–Crippen LogP) is 1.23. The lowest BCUT2D eigenvalue weighted by Crippen LogP contribution is -2.48. The summed E-state index contributed by atoms with van der Waals surface area (Å²) in [5, 5.41) is 9.40.